The first-order chi connectivity index (χ1) is 11.2. The van der Waals surface area contributed by atoms with Crippen molar-refractivity contribution < 1.29 is 14.3 Å². The Hall–Kier alpha value is -2.80. The molecule has 0 spiro atoms. The van der Waals surface area contributed by atoms with Crippen LogP contribution in [-0.4, -0.2) is 29.2 Å². The number of amides is 2. The van der Waals surface area contributed by atoms with Crippen LogP contribution >= 0.6 is 11.6 Å². The number of hydrogen-bond acceptors (Lipinski definition) is 5. The lowest BCUT2D eigenvalue weighted by Gasteiger charge is -2.13. The molecule has 0 radical (unpaired) electrons. The fourth-order valence-electron chi connectivity index (χ4n) is 1.87. The van der Waals surface area contributed by atoms with E-state index in [4.69, 9.17) is 21.1 Å². The zero-order valence-electron chi connectivity index (χ0n) is 12.0. The second-order valence-electron chi connectivity index (χ2n) is 4.56. The number of halogens is 1. The molecule has 2 N–H and O–H groups in total. The van der Waals surface area contributed by atoms with Crippen molar-refractivity contribution >= 4 is 29.1 Å². The van der Waals surface area contributed by atoms with Gasteiger partial charge < -0.3 is 14.8 Å². The van der Waals surface area contributed by atoms with Crippen molar-refractivity contribution in [3.63, 3.8) is 0 Å². The first-order valence-corrected chi connectivity index (χ1v) is 7.19. The van der Waals surface area contributed by atoms with Crippen molar-refractivity contribution in [2.24, 2.45) is 0 Å². The van der Waals surface area contributed by atoms with Crippen LogP contribution in [-0.2, 0) is 0 Å². The standard InChI is InChI=1S/C15H13ClN4O3/c16-10-3-4-11-12(7-10)22-5-1-2-6-23-14-9-17-8-13(19-14)20-15(21)18-11/h1-4,7-9H,5-6H2,(H2,18,19,20,21)/b2-1-. The molecule has 0 unspecified atom stereocenters. The number of benzene rings is 1. The molecular formula is C15H13ClN4O3. The molecular weight excluding hydrogens is 320 g/mol. The molecule has 1 aromatic heterocycles. The lowest BCUT2D eigenvalue weighted by atomic mass is 10.3. The van der Waals surface area contributed by atoms with E-state index in [0.29, 0.717) is 35.6 Å². The van der Waals surface area contributed by atoms with Crippen LogP contribution < -0.4 is 20.1 Å². The van der Waals surface area contributed by atoms with Gasteiger partial charge in [0.1, 0.15) is 19.0 Å². The second kappa shape index (κ2) is 6.97. The minimum absolute atomic E-state index is 0.275. The molecule has 1 aliphatic rings. The van der Waals surface area contributed by atoms with Crippen molar-refractivity contribution in [2.75, 3.05) is 23.8 Å². The molecule has 2 amide bonds. The summed E-state index contributed by atoms with van der Waals surface area (Å²) in [6, 6.07) is 4.49. The normalized spacial score (nSPS) is 15.8. The predicted molar refractivity (Wildman–Crippen MR) is 86.3 cm³/mol. The van der Waals surface area contributed by atoms with E-state index in [9.17, 15) is 4.79 Å². The Kier molecular flexibility index (Phi) is 4.58. The quantitative estimate of drug-likeness (QED) is 0.724. The molecule has 0 fully saturated rings. The number of nitrogens with zero attached hydrogens (tertiary/aromatic N) is 2. The van der Waals surface area contributed by atoms with E-state index in [1.807, 2.05) is 0 Å². The monoisotopic (exact) mass is 332 g/mol. The third kappa shape index (κ3) is 4.10. The van der Waals surface area contributed by atoms with Crippen LogP contribution in [0.5, 0.6) is 11.6 Å². The molecule has 8 heteroatoms. The number of carbonyl (C=O) groups excluding carboxylic acids is 1. The summed E-state index contributed by atoms with van der Waals surface area (Å²) in [7, 11) is 0. The average molecular weight is 333 g/mol. The zero-order valence-corrected chi connectivity index (χ0v) is 12.7. The van der Waals surface area contributed by atoms with Gasteiger partial charge in [0.2, 0.25) is 5.88 Å². The van der Waals surface area contributed by atoms with Crippen LogP contribution in [0.3, 0.4) is 0 Å². The van der Waals surface area contributed by atoms with Gasteiger partial charge in [0.05, 0.1) is 18.1 Å². The van der Waals surface area contributed by atoms with Gasteiger partial charge in [-0.05, 0) is 24.3 Å². The van der Waals surface area contributed by atoms with Gasteiger partial charge in [-0.3, -0.25) is 10.3 Å². The van der Waals surface area contributed by atoms with E-state index < -0.39 is 6.03 Å². The predicted octanol–water partition coefficient (Wildman–Crippen LogP) is 3.10. The summed E-state index contributed by atoms with van der Waals surface area (Å²) in [5, 5.41) is 5.78. The van der Waals surface area contributed by atoms with Gasteiger partial charge in [-0.25, -0.2) is 4.79 Å². The lowest BCUT2D eigenvalue weighted by molar-refractivity contribution is 0.262. The van der Waals surface area contributed by atoms with Crippen molar-refractivity contribution in [3.8, 4) is 11.6 Å². The van der Waals surface area contributed by atoms with Gasteiger partial charge in [-0.15, -0.1) is 0 Å². The van der Waals surface area contributed by atoms with Crippen molar-refractivity contribution in [1.82, 2.24) is 9.97 Å². The number of nitrogens with one attached hydrogen (secondary N) is 2. The van der Waals surface area contributed by atoms with Gasteiger partial charge in [0.15, 0.2) is 5.82 Å². The Morgan fingerprint density at radius 3 is 2.78 bits per heavy atom. The molecule has 0 aliphatic carbocycles. The fourth-order valence-corrected chi connectivity index (χ4v) is 2.04. The SMILES string of the molecule is O=C1Nc2cncc(n2)OC/C=C\COc2cc(Cl)ccc2N1. The summed E-state index contributed by atoms with van der Waals surface area (Å²) in [5.74, 6) is 1.06. The maximum atomic E-state index is 12.1. The summed E-state index contributed by atoms with van der Waals surface area (Å²) >= 11 is 5.97. The largest absolute Gasteiger partial charge is 0.487 e. The van der Waals surface area contributed by atoms with E-state index >= 15 is 0 Å². The highest BCUT2D eigenvalue weighted by molar-refractivity contribution is 6.30. The molecule has 1 aliphatic heterocycles. The Morgan fingerprint density at radius 1 is 1.09 bits per heavy atom. The first kappa shape index (κ1) is 15.1. The highest BCUT2D eigenvalue weighted by atomic mass is 35.5. The molecule has 0 saturated carbocycles. The number of anilines is 2. The third-order valence-corrected chi connectivity index (χ3v) is 3.11. The van der Waals surface area contributed by atoms with Gasteiger partial charge in [-0.2, -0.15) is 4.98 Å². The number of aromatic nitrogens is 2. The van der Waals surface area contributed by atoms with Crippen LogP contribution in [0.1, 0.15) is 0 Å². The Balaban J connectivity index is 1.88. The Morgan fingerprint density at radius 2 is 1.91 bits per heavy atom. The van der Waals surface area contributed by atoms with E-state index in [0.717, 1.165) is 0 Å². The van der Waals surface area contributed by atoms with Crippen LogP contribution in [0.4, 0.5) is 16.3 Å². The lowest BCUT2D eigenvalue weighted by Crippen LogP contribution is -2.21. The van der Waals surface area contributed by atoms with E-state index in [1.54, 1.807) is 30.4 Å². The van der Waals surface area contributed by atoms with Crippen LogP contribution in [0.2, 0.25) is 5.02 Å². The molecule has 0 saturated heterocycles. The summed E-state index contributed by atoms with van der Waals surface area (Å²) in [6.45, 7) is 0.627. The zero-order chi connectivity index (χ0) is 16.1. The topological polar surface area (TPSA) is 85.4 Å². The molecule has 23 heavy (non-hydrogen) atoms. The highest BCUT2D eigenvalue weighted by Gasteiger charge is 2.10. The number of ether oxygens (including phenoxy) is 2. The van der Waals surface area contributed by atoms with Crippen LogP contribution in [0.25, 0.3) is 0 Å². The maximum Gasteiger partial charge on any atom is 0.325 e. The summed E-state index contributed by atoms with van der Waals surface area (Å²) < 4.78 is 11.0. The van der Waals surface area contributed by atoms with E-state index in [-0.39, 0.29) is 5.82 Å². The van der Waals surface area contributed by atoms with Gasteiger partial charge in [-0.1, -0.05) is 11.6 Å². The number of fused-ring (bicyclic) bond motifs is 3. The highest BCUT2D eigenvalue weighted by Crippen LogP contribution is 2.28. The van der Waals surface area contributed by atoms with Crippen molar-refractivity contribution in [3.05, 3.63) is 47.8 Å². The third-order valence-electron chi connectivity index (χ3n) is 2.88. The Bertz CT molecular complexity index is 751. The van der Waals surface area contributed by atoms with Gasteiger partial charge >= 0.3 is 6.03 Å². The molecule has 2 aromatic rings. The molecule has 0 atom stereocenters. The first-order valence-electron chi connectivity index (χ1n) is 6.81. The van der Waals surface area contributed by atoms with Gasteiger partial charge in [0.25, 0.3) is 0 Å². The Labute approximate surface area is 137 Å². The number of rotatable bonds is 0. The summed E-state index contributed by atoms with van der Waals surface area (Å²) in [5.41, 5.74) is 0.498. The van der Waals surface area contributed by atoms with Crippen molar-refractivity contribution in [1.29, 1.82) is 0 Å². The van der Waals surface area contributed by atoms with Crippen LogP contribution in [0.15, 0.2) is 42.7 Å². The number of carbonyl (C=O) groups is 1. The molecule has 3 rings (SSSR count). The second-order valence-corrected chi connectivity index (χ2v) is 4.99. The fraction of sp³-hybridized carbons (Fsp3) is 0.133. The number of hydrogen-bond donors (Lipinski definition) is 2. The molecule has 118 valence electrons. The van der Waals surface area contributed by atoms with Crippen molar-refractivity contribution in [2.45, 2.75) is 0 Å². The summed E-state index contributed by atoms with van der Waals surface area (Å²) in [4.78, 5) is 20.2. The maximum absolute atomic E-state index is 12.1. The molecule has 2 bridgehead atoms. The van der Waals surface area contributed by atoms with E-state index in [1.165, 1.54) is 12.4 Å². The average Bonchev–Trinajstić information content (AvgIpc) is 2.52. The molecule has 1 aromatic carbocycles. The molecule has 7 nitrogen and oxygen atoms in total. The van der Waals surface area contributed by atoms with Gasteiger partial charge in [0, 0.05) is 11.1 Å². The van der Waals surface area contributed by atoms with Crippen LogP contribution in [0, 0.1) is 0 Å². The minimum atomic E-state index is -0.476. The number of urea groups is 1. The van der Waals surface area contributed by atoms with E-state index in [2.05, 4.69) is 20.6 Å². The smallest absolute Gasteiger partial charge is 0.325 e. The minimum Gasteiger partial charge on any atom is -0.487 e. The molecule has 2 heterocycles. The summed E-state index contributed by atoms with van der Waals surface area (Å²) in [6.07, 6.45) is 6.49.